The molecule has 126 valence electrons. The molecular formula is C19H24N4O. The molecule has 1 aliphatic rings. The van der Waals surface area contributed by atoms with Gasteiger partial charge >= 0.3 is 0 Å². The second-order valence-corrected chi connectivity index (χ2v) is 6.76. The summed E-state index contributed by atoms with van der Waals surface area (Å²) < 4.78 is 0. The SMILES string of the molecule is Cc1cc(C)cc(C(=O)Nc2cc(N3CCC(C)CC3)ncn2)c1. The molecule has 0 atom stereocenters. The monoisotopic (exact) mass is 324 g/mol. The summed E-state index contributed by atoms with van der Waals surface area (Å²) in [5.41, 5.74) is 2.80. The molecule has 5 heteroatoms. The van der Waals surface area contributed by atoms with Crippen LogP contribution in [0.1, 0.15) is 41.3 Å². The zero-order chi connectivity index (χ0) is 17.1. The van der Waals surface area contributed by atoms with E-state index in [-0.39, 0.29) is 5.91 Å². The number of amides is 1. The fourth-order valence-electron chi connectivity index (χ4n) is 3.12. The van der Waals surface area contributed by atoms with Gasteiger partial charge in [-0.3, -0.25) is 4.79 Å². The third-order valence-corrected chi connectivity index (χ3v) is 4.49. The smallest absolute Gasteiger partial charge is 0.256 e. The Morgan fingerprint density at radius 1 is 1.08 bits per heavy atom. The van der Waals surface area contributed by atoms with E-state index in [1.54, 1.807) is 0 Å². The van der Waals surface area contributed by atoms with Crippen LogP contribution >= 0.6 is 0 Å². The lowest BCUT2D eigenvalue weighted by atomic mass is 9.99. The first-order valence-corrected chi connectivity index (χ1v) is 8.48. The minimum atomic E-state index is -0.140. The molecule has 0 bridgehead atoms. The lowest BCUT2D eigenvalue weighted by Gasteiger charge is -2.31. The summed E-state index contributed by atoms with van der Waals surface area (Å²) in [6.45, 7) is 8.27. The molecule has 1 amide bonds. The van der Waals surface area contributed by atoms with E-state index >= 15 is 0 Å². The van der Waals surface area contributed by atoms with Crippen molar-refractivity contribution in [1.82, 2.24) is 9.97 Å². The largest absolute Gasteiger partial charge is 0.356 e. The Kier molecular flexibility index (Phi) is 4.79. The molecule has 1 aromatic heterocycles. The predicted octanol–water partition coefficient (Wildman–Crippen LogP) is 3.58. The van der Waals surface area contributed by atoms with E-state index in [1.165, 1.54) is 19.2 Å². The van der Waals surface area contributed by atoms with Crippen molar-refractivity contribution in [3.8, 4) is 0 Å². The van der Waals surface area contributed by atoms with Crippen LogP contribution in [0.5, 0.6) is 0 Å². The van der Waals surface area contributed by atoms with Crippen LogP contribution in [0.25, 0.3) is 0 Å². The maximum absolute atomic E-state index is 12.5. The van der Waals surface area contributed by atoms with Crippen molar-refractivity contribution in [3.05, 3.63) is 47.3 Å². The Bertz CT molecular complexity index is 716. The van der Waals surface area contributed by atoms with Crippen LogP contribution < -0.4 is 10.2 Å². The number of anilines is 2. The summed E-state index contributed by atoms with van der Waals surface area (Å²) in [5, 5.41) is 2.88. The Hall–Kier alpha value is -2.43. The van der Waals surface area contributed by atoms with Crippen LogP contribution in [0.2, 0.25) is 0 Å². The normalized spacial score (nSPS) is 15.4. The molecule has 0 radical (unpaired) electrons. The van der Waals surface area contributed by atoms with E-state index in [0.29, 0.717) is 11.4 Å². The molecule has 0 spiro atoms. The molecule has 2 aromatic rings. The highest BCUT2D eigenvalue weighted by atomic mass is 16.1. The average Bonchev–Trinajstić information content (AvgIpc) is 2.55. The highest BCUT2D eigenvalue weighted by Gasteiger charge is 2.17. The van der Waals surface area contributed by atoms with E-state index in [4.69, 9.17) is 0 Å². The Labute approximate surface area is 143 Å². The first kappa shape index (κ1) is 16.4. The van der Waals surface area contributed by atoms with Gasteiger partial charge in [0.05, 0.1) is 0 Å². The van der Waals surface area contributed by atoms with Crippen molar-refractivity contribution < 1.29 is 4.79 Å². The van der Waals surface area contributed by atoms with Gasteiger partial charge < -0.3 is 10.2 Å². The van der Waals surface area contributed by atoms with Crippen molar-refractivity contribution in [3.63, 3.8) is 0 Å². The van der Waals surface area contributed by atoms with Gasteiger partial charge in [-0.1, -0.05) is 24.1 Å². The number of nitrogens with zero attached hydrogens (tertiary/aromatic N) is 3. The second kappa shape index (κ2) is 6.99. The first-order chi connectivity index (χ1) is 11.5. The third kappa shape index (κ3) is 3.91. The molecule has 1 fully saturated rings. The van der Waals surface area contributed by atoms with E-state index in [0.717, 1.165) is 36.0 Å². The van der Waals surface area contributed by atoms with Crippen molar-refractivity contribution >= 4 is 17.5 Å². The number of nitrogens with one attached hydrogen (secondary N) is 1. The van der Waals surface area contributed by atoms with Crippen LogP contribution in [0.3, 0.4) is 0 Å². The van der Waals surface area contributed by atoms with Gasteiger partial charge in [0, 0.05) is 24.7 Å². The van der Waals surface area contributed by atoms with Crippen molar-refractivity contribution in [2.24, 2.45) is 5.92 Å². The van der Waals surface area contributed by atoms with E-state index in [2.05, 4.69) is 33.2 Å². The number of aromatic nitrogens is 2. The third-order valence-electron chi connectivity index (χ3n) is 4.49. The van der Waals surface area contributed by atoms with Crippen molar-refractivity contribution in [2.45, 2.75) is 33.6 Å². The van der Waals surface area contributed by atoms with Crippen LogP contribution in [-0.2, 0) is 0 Å². The van der Waals surface area contributed by atoms with Gasteiger partial charge in [0.25, 0.3) is 5.91 Å². The number of aryl methyl sites for hydroxylation is 2. The van der Waals surface area contributed by atoms with Crippen LogP contribution in [0.4, 0.5) is 11.6 Å². The molecule has 0 unspecified atom stereocenters. The molecule has 0 saturated carbocycles. The fraction of sp³-hybridized carbons (Fsp3) is 0.421. The number of carbonyl (C=O) groups is 1. The number of rotatable bonds is 3. The van der Waals surface area contributed by atoms with Gasteiger partial charge in [0.1, 0.15) is 18.0 Å². The lowest BCUT2D eigenvalue weighted by Crippen LogP contribution is -2.33. The Morgan fingerprint density at radius 3 is 2.42 bits per heavy atom. The van der Waals surface area contributed by atoms with Gasteiger partial charge in [-0.15, -0.1) is 0 Å². The maximum Gasteiger partial charge on any atom is 0.256 e. The molecule has 5 nitrogen and oxygen atoms in total. The Morgan fingerprint density at radius 2 is 1.75 bits per heavy atom. The number of piperidine rings is 1. The fourth-order valence-corrected chi connectivity index (χ4v) is 3.12. The minimum Gasteiger partial charge on any atom is -0.356 e. The zero-order valence-corrected chi connectivity index (χ0v) is 14.5. The number of benzene rings is 1. The molecule has 1 N–H and O–H groups in total. The summed E-state index contributed by atoms with van der Waals surface area (Å²) in [4.78, 5) is 23.3. The summed E-state index contributed by atoms with van der Waals surface area (Å²) in [7, 11) is 0. The molecule has 1 saturated heterocycles. The summed E-state index contributed by atoms with van der Waals surface area (Å²) in [6.07, 6.45) is 3.87. The highest BCUT2D eigenvalue weighted by Crippen LogP contribution is 2.22. The number of hydrogen-bond acceptors (Lipinski definition) is 4. The molecule has 0 aliphatic carbocycles. The summed E-state index contributed by atoms with van der Waals surface area (Å²) in [5.74, 6) is 2.06. The molecule has 3 rings (SSSR count). The summed E-state index contributed by atoms with van der Waals surface area (Å²) in [6, 6.07) is 7.68. The predicted molar refractivity (Wildman–Crippen MR) is 96.5 cm³/mol. The van der Waals surface area contributed by atoms with Crippen molar-refractivity contribution in [1.29, 1.82) is 0 Å². The van der Waals surface area contributed by atoms with Gasteiger partial charge in [-0.2, -0.15) is 0 Å². The first-order valence-electron chi connectivity index (χ1n) is 8.48. The molecule has 1 aliphatic heterocycles. The zero-order valence-electron chi connectivity index (χ0n) is 14.5. The van der Waals surface area contributed by atoms with Gasteiger partial charge in [-0.25, -0.2) is 9.97 Å². The van der Waals surface area contributed by atoms with E-state index < -0.39 is 0 Å². The van der Waals surface area contributed by atoms with Crippen LogP contribution in [0.15, 0.2) is 30.6 Å². The quantitative estimate of drug-likeness (QED) is 0.937. The number of carbonyl (C=O) groups excluding carboxylic acids is 1. The standard InChI is InChI=1S/C19H24N4O/c1-13-4-6-23(7-5-13)18-11-17(20-12-21-18)22-19(24)16-9-14(2)8-15(3)10-16/h8-13H,4-7H2,1-3H3,(H,20,21,22,24). The van der Waals surface area contributed by atoms with Crippen LogP contribution in [0, 0.1) is 19.8 Å². The Balaban J connectivity index is 1.73. The lowest BCUT2D eigenvalue weighted by molar-refractivity contribution is 0.102. The molecule has 1 aromatic carbocycles. The number of hydrogen-bond donors (Lipinski definition) is 1. The average molecular weight is 324 g/mol. The molecular weight excluding hydrogens is 300 g/mol. The van der Waals surface area contributed by atoms with Gasteiger partial charge in [-0.05, 0) is 44.7 Å². The summed E-state index contributed by atoms with van der Waals surface area (Å²) >= 11 is 0. The van der Waals surface area contributed by atoms with E-state index in [1.807, 2.05) is 32.0 Å². The minimum absolute atomic E-state index is 0.140. The van der Waals surface area contributed by atoms with Crippen molar-refractivity contribution in [2.75, 3.05) is 23.3 Å². The maximum atomic E-state index is 12.5. The van der Waals surface area contributed by atoms with E-state index in [9.17, 15) is 4.79 Å². The van der Waals surface area contributed by atoms with Gasteiger partial charge in [0.15, 0.2) is 0 Å². The topological polar surface area (TPSA) is 58.1 Å². The molecule has 2 heterocycles. The second-order valence-electron chi connectivity index (χ2n) is 6.76. The van der Waals surface area contributed by atoms with Crippen LogP contribution in [-0.4, -0.2) is 29.0 Å². The molecule has 24 heavy (non-hydrogen) atoms. The van der Waals surface area contributed by atoms with Gasteiger partial charge in [0.2, 0.25) is 0 Å². The highest BCUT2D eigenvalue weighted by molar-refractivity contribution is 6.04.